The number of ether oxygens (including phenoxy) is 1. The van der Waals surface area contributed by atoms with E-state index in [1.165, 1.54) is 11.1 Å². The van der Waals surface area contributed by atoms with Crippen LogP contribution in [0.1, 0.15) is 36.0 Å². The molecule has 2 aliphatic rings. The van der Waals surface area contributed by atoms with Crippen molar-refractivity contribution in [2.24, 2.45) is 0 Å². The number of likely N-dealkylation sites (tertiary alicyclic amines) is 1. The number of nitrogens with zero attached hydrogens (tertiary/aromatic N) is 2. The monoisotopic (exact) mass is 359 g/mol. The van der Waals surface area contributed by atoms with Crippen LogP contribution in [0.25, 0.3) is 0 Å². The van der Waals surface area contributed by atoms with Crippen LogP contribution in [0.15, 0.2) is 12.1 Å². The van der Waals surface area contributed by atoms with Crippen LogP contribution in [0.5, 0.6) is 5.75 Å². The Morgan fingerprint density at radius 1 is 1.19 bits per heavy atom. The Morgan fingerprint density at radius 3 is 2.62 bits per heavy atom. The van der Waals surface area contributed by atoms with Crippen LogP contribution in [0.2, 0.25) is 0 Å². The Bertz CT molecular complexity index is 683. The zero-order valence-electron chi connectivity index (χ0n) is 16.0. The lowest BCUT2D eigenvalue weighted by Crippen LogP contribution is -2.56. The molecule has 1 atom stereocenters. The molecule has 1 aromatic carbocycles. The first-order chi connectivity index (χ1) is 12.5. The Hall–Kier alpha value is -2.08. The first-order valence-electron chi connectivity index (χ1n) is 9.44. The molecular formula is C20H29N3O3. The van der Waals surface area contributed by atoms with E-state index in [1.807, 2.05) is 11.0 Å². The number of hydrogen-bond donors (Lipinski definition) is 1. The van der Waals surface area contributed by atoms with Gasteiger partial charge in [0.2, 0.25) is 11.8 Å². The van der Waals surface area contributed by atoms with Gasteiger partial charge in [0.25, 0.3) is 0 Å². The Balaban J connectivity index is 1.75. The predicted molar refractivity (Wildman–Crippen MR) is 100 cm³/mol. The maximum Gasteiger partial charge on any atom is 0.237 e. The molecule has 26 heavy (non-hydrogen) atoms. The molecule has 2 amide bonds. The molecule has 0 radical (unpaired) electrons. The van der Waals surface area contributed by atoms with Crippen molar-refractivity contribution in [3.05, 3.63) is 28.8 Å². The number of carbonyl (C=O) groups excluding carboxylic acids is 2. The highest BCUT2D eigenvalue weighted by Gasteiger charge is 2.33. The standard InChI is InChI=1S/C20H29N3O3/c1-14-15(2)18(26-3)7-6-16(14)13-23-11-8-21-20(25)17(23)12-19(24)22-9-4-5-10-22/h6-7,17H,4-5,8-13H2,1-3H3,(H,21,25). The lowest BCUT2D eigenvalue weighted by atomic mass is 10.00. The average Bonchev–Trinajstić information content (AvgIpc) is 3.17. The van der Waals surface area contributed by atoms with E-state index in [1.54, 1.807) is 7.11 Å². The zero-order valence-corrected chi connectivity index (χ0v) is 16.0. The Labute approximate surface area is 155 Å². The van der Waals surface area contributed by atoms with Gasteiger partial charge >= 0.3 is 0 Å². The molecule has 142 valence electrons. The van der Waals surface area contributed by atoms with E-state index in [2.05, 4.69) is 30.1 Å². The summed E-state index contributed by atoms with van der Waals surface area (Å²) in [6.07, 6.45) is 2.40. The van der Waals surface area contributed by atoms with E-state index in [9.17, 15) is 9.59 Å². The molecule has 0 spiro atoms. The number of amides is 2. The lowest BCUT2D eigenvalue weighted by molar-refractivity contribution is -0.138. The van der Waals surface area contributed by atoms with Crippen molar-refractivity contribution in [3.8, 4) is 5.75 Å². The third-order valence-corrected chi connectivity index (χ3v) is 5.71. The molecule has 1 aromatic rings. The summed E-state index contributed by atoms with van der Waals surface area (Å²) < 4.78 is 5.39. The second-order valence-corrected chi connectivity index (χ2v) is 7.25. The van der Waals surface area contributed by atoms with Gasteiger partial charge in [-0.3, -0.25) is 14.5 Å². The van der Waals surface area contributed by atoms with Gasteiger partial charge in [-0.05, 0) is 49.4 Å². The average molecular weight is 359 g/mol. The van der Waals surface area contributed by atoms with Crippen LogP contribution < -0.4 is 10.1 Å². The second kappa shape index (κ2) is 8.08. The quantitative estimate of drug-likeness (QED) is 0.868. The molecule has 0 aromatic heterocycles. The summed E-state index contributed by atoms with van der Waals surface area (Å²) in [7, 11) is 1.68. The van der Waals surface area contributed by atoms with E-state index in [0.717, 1.165) is 43.8 Å². The van der Waals surface area contributed by atoms with Gasteiger partial charge in [0.05, 0.1) is 19.6 Å². The van der Waals surface area contributed by atoms with Gasteiger partial charge in [-0.1, -0.05) is 6.07 Å². The zero-order chi connectivity index (χ0) is 18.7. The van der Waals surface area contributed by atoms with Crippen LogP contribution in [0.4, 0.5) is 0 Å². The first-order valence-corrected chi connectivity index (χ1v) is 9.44. The molecule has 1 unspecified atom stereocenters. The number of methoxy groups -OCH3 is 1. The molecule has 0 aliphatic carbocycles. The first kappa shape index (κ1) is 18.7. The predicted octanol–water partition coefficient (Wildman–Crippen LogP) is 1.62. The van der Waals surface area contributed by atoms with E-state index in [4.69, 9.17) is 4.74 Å². The maximum atomic E-state index is 12.6. The van der Waals surface area contributed by atoms with Crippen LogP contribution in [0, 0.1) is 13.8 Å². The van der Waals surface area contributed by atoms with Gasteiger partial charge in [-0.15, -0.1) is 0 Å². The summed E-state index contributed by atoms with van der Waals surface area (Å²) in [5.74, 6) is 0.937. The van der Waals surface area contributed by atoms with E-state index >= 15 is 0 Å². The molecule has 3 rings (SSSR count). The molecule has 2 heterocycles. The fourth-order valence-electron chi connectivity index (χ4n) is 3.90. The van der Waals surface area contributed by atoms with Gasteiger partial charge in [0.1, 0.15) is 5.75 Å². The molecular weight excluding hydrogens is 330 g/mol. The second-order valence-electron chi connectivity index (χ2n) is 7.25. The Morgan fingerprint density at radius 2 is 1.92 bits per heavy atom. The minimum atomic E-state index is -0.390. The highest BCUT2D eigenvalue weighted by molar-refractivity contribution is 5.89. The van der Waals surface area contributed by atoms with Crippen molar-refractivity contribution in [1.29, 1.82) is 0 Å². The molecule has 2 aliphatic heterocycles. The van der Waals surface area contributed by atoms with E-state index in [0.29, 0.717) is 13.1 Å². The Kier molecular flexibility index (Phi) is 5.81. The number of piperazine rings is 1. The SMILES string of the molecule is COc1ccc(CN2CCNC(=O)C2CC(=O)N2CCCC2)c(C)c1C. The highest BCUT2D eigenvalue weighted by atomic mass is 16.5. The molecule has 6 heteroatoms. The normalized spacial score (nSPS) is 21.0. The van der Waals surface area contributed by atoms with Crippen LogP contribution in [-0.2, 0) is 16.1 Å². The summed E-state index contributed by atoms with van der Waals surface area (Å²) in [5.41, 5.74) is 3.48. The smallest absolute Gasteiger partial charge is 0.237 e. The lowest BCUT2D eigenvalue weighted by Gasteiger charge is -2.35. The number of benzene rings is 1. The molecule has 6 nitrogen and oxygen atoms in total. The third-order valence-electron chi connectivity index (χ3n) is 5.71. The summed E-state index contributed by atoms with van der Waals surface area (Å²) in [5, 5.41) is 2.92. The van der Waals surface area contributed by atoms with Crippen molar-refractivity contribution in [2.75, 3.05) is 33.3 Å². The number of hydrogen-bond acceptors (Lipinski definition) is 4. The summed E-state index contributed by atoms with van der Waals surface area (Å²) in [4.78, 5) is 29.1. The van der Waals surface area contributed by atoms with E-state index in [-0.39, 0.29) is 18.2 Å². The van der Waals surface area contributed by atoms with E-state index < -0.39 is 6.04 Å². The van der Waals surface area contributed by atoms with Crippen molar-refractivity contribution in [1.82, 2.24) is 15.1 Å². The largest absolute Gasteiger partial charge is 0.496 e. The summed E-state index contributed by atoms with van der Waals surface area (Å²) in [6.45, 7) is 7.84. The van der Waals surface area contributed by atoms with Crippen molar-refractivity contribution < 1.29 is 14.3 Å². The van der Waals surface area contributed by atoms with Crippen LogP contribution in [-0.4, -0.2) is 60.9 Å². The summed E-state index contributed by atoms with van der Waals surface area (Å²) in [6, 6.07) is 3.65. The number of rotatable bonds is 5. The van der Waals surface area contributed by atoms with Crippen molar-refractivity contribution in [2.45, 2.75) is 45.7 Å². The minimum absolute atomic E-state index is 0.0355. The van der Waals surface area contributed by atoms with Gasteiger partial charge in [-0.25, -0.2) is 0 Å². The molecule has 0 bridgehead atoms. The van der Waals surface area contributed by atoms with Gasteiger partial charge in [-0.2, -0.15) is 0 Å². The summed E-state index contributed by atoms with van der Waals surface area (Å²) >= 11 is 0. The molecule has 1 N–H and O–H groups in total. The topological polar surface area (TPSA) is 61.9 Å². The van der Waals surface area contributed by atoms with Crippen molar-refractivity contribution in [3.63, 3.8) is 0 Å². The van der Waals surface area contributed by atoms with Gasteiger partial charge < -0.3 is 15.0 Å². The van der Waals surface area contributed by atoms with Gasteiger partial charge in [0, 0.05) is 32.7 Å². The number of carbonyl (C=O) groups is 2. The number of nitrogens with one attached hydrogen (secondary N) is 1. The molecule has 2 saturated heterocycles. The fraction of sp³-hybridized carbons (Fsp3) is 0.600. The van der Waals surface area contributed by atoms with Crippen LogP contribution >= 0.6 is 0 Å². The minimum Gasteiger partial charge on any atom is -0.496 e. The molecule has 0 saturated carbocycles. The fourth-order valence-corrected chi connectivity index (χ4v) is 3.90. The maximum absolute atomic E-state index is 12.6. The molecule has 2 fully saturated rings. The highest BCUT2D eigenvalue weighted by Crippen LogP contribution is 2.26. The van der Waals surface area contributed by atoms with Crippen LogP contribution in [0.3, 0.4) is 0 Å². The third kappa shape index (κ3) is 3.85. The van der Waals surface area contributed by atoms with Crippen molar-refractivity contribution >= 4 is 11.8 Å². The van der Waals surface area contributed by atoms with Gasteiger partial charge in [0.15, 0.2) is 0 Å².